The molecule has 0 spiro atoms. The smallest absolute Gasteiger partial charge is 0.255 e. The first-order chi connectivity index (χ1) is 12.7. The van der Waals surface area contributed by atoms with Crippen LogP contribution in [0.3, 0.4) is 0 Å². The van der Waals surface area contributed by atoms with E-state index in [9.17, 15) is 4.79 Å². The van der Waals surface area contributed by atoms with Crippen molar-refractivity contribution >= 4 is 33.5 Å². The Kier molecular flexibility index (Phi) is 4.50. The van der Waals surface area contributed by atoms with E-state index in [0.29, 0.717) is 5.75 Å². The Morgan fingerprint density at radius 3 is 2.65 bits per heavy atom. The van der Waals surface area contributed by atoms with Gasteiger partial charge in [0.25, 0.3) is 5.91 Å². The van der Waals surface area contributed by atoms with Gasteiger partial charge in [0.1, 0.15) is 16.2 Å². The lowest BCUT2D eigenvalue weighted by molar-refractivity contribution is -0.119. The van der Waals surface area contributed by atoms with Crippen molar-refractivity contribution in [3.63, 3.8) is 0 Å². The molecule has 0 saturated carbocycles. The van der Waals surface area contributed by atoms with Crippen molar-refractivity contribution in [2.75, 3.05) is 6.61 Å². The minimum atomic E-state index is -0.491. The molecule has 1 heterocycles. The average molecular weight is 363 g/mol. The predicted octanol–water partition coefficient (Wildman–Crippen LogP) is 3.40. The minimum Gasteiger partial charge on any atom is -0.484 e. The van der Waals surface area contributed by atoms with E-state index in [1.165, 1.54) is 10.8 Å². The number of rotatable bonds is 5. The molecule has 5 nitrogen and oxygen atoms in total. The first-order valence-electron chi connectivity index (χ1n) is 8.20. The Balaban J connectivity index is 1.50. The molecule has 26 heavy (non-hydrogen) atoms. The lowest BCUT2D eigenvalue weighted by Crippen LogP contribution is -2.20. The predicted molar refractivity (Wildman–Crippen MR) is 105 cm³/mol. The number of hydrogen-bond donors (Lipinski definition) is 2. The third-order valence-electron chi connectivity index (χ3n) is 4.10. The Morgan fingerprint density at radius 1 is 1.08 bits per heavy atom. The highest BCUT2D eigenvalue weighted by atomic mass is 32.2. The topological polar surface area (TPSA) is 76.7 Å². The fourth-order valence-electron chi connectivity index (χ4n) is 2.85. The fraction of sp³-hybridized carbons (Fsp3) is 0.100. The van der Waals surface area contributed by atoms with Gasteiger partial charge in [-0.2, -0.15) is 5.10 Å². The summed E-state index contributed by atoms with van der Waals surface area (Å²) in [5.74, 6) is 0.126. The normalized spacial score (nSPS) is 16.2. The summed E-state index contributed by atoms with van der Waals surface area (Å²) in [6.07, 6.45) is 0. The summed E-state index contributed by atoms with van der Waals surface area (Å²) in [6.45, 7) is -0.121. The van der Waals surface area contributed by atoms with E-state index in [2.05, 4.69) is 40.9 Å². The Bertz CT molecular complexity index is 981. The zero-order valence-corrected chi connectivity index (χ0v) is 14.7. The van der Waals surface area contributed by atoms with Crippen LogP contribution >= 0.6 is 11.8 Å². The summed E-state index contributed by atoms with van der Waals surface area (Å²) in [4.78, 5) is 10.8. The number of ether oxygens (including phenoxy) is 1. The van der Waals surface area contributed by atoms with Crippen molar-refractivity contribution in [1.29, 1.82) is 0 Å². The Hall–Kier alpha value is -2.99. The quantitative estimate of drug-likeness (QED) is 0.728. The van der Waals surface area contributed by atoms with E-state index in [0.717, 1.165) is 16.2 Å². The molecule has 4 rings (SSSR count). The molecule has 0 bridgehead atoms. The van der Waals surface area contributed by atoms with Crippen LogP contribution in [-0.2, 0) is 4.79 Å². The van der Waals surface area contributed by atoms with Crippen LogP contribution in [0.5, 0.6) is 5.75 Å². The number of carbonyl (C=O) groups excluding carboxylic acids is 1. The molecule has 0 fully saturated rings. The van der Waals surface area contributed by atoms with Gasteiger partial charge in [-0.3, -0.25) is 10.2 Å². The number of nitrogens with one attached hydrogen (secondary N) is 1. The van der Waals surface area contributed by atoms with Gasteiger partial charge in [-0.05, 0) is 28.5 Å². The molecular weight excluding hydrogens is 346 g/mol. The van der Waals surface area contributed by atoms with Crippen molar-refractivity contribution in [3.8, 4) is 5.75 Å². The SMILES string of the molecule is NC(=O)COc1ccc(C2NN=C(c3cccc4ccccc34)S2)cc1. The molecule has 0 aromatic heterocycles. The lowest BCUT2D eigenvalue weighted by Gasteiger charge is -2.11. The third-order valence-corrected chi connectivity index (χ3v) is 5.24. The van der Waals surface area contributed by atoms with Gasteiger partial charge in [-0.25, -0.2) is 0 Å². The largest absolute Gasteiger partial charge is 0.484 e. The lowest BCUT2D eigenvalue weighted by atomic mass is 10.1. The summed E-state index contributed by atoms with van der Waals surface area (Å²) < 4.78 is 5.29. The highest BCUT2D eigenvalue weighted by Crippen LogP contribution is 2.36. The standard InChI is InChI=1S/C20H17N3O2S/c21-18(24)12-25-15-10-8-14(9-11-15)19-22-23-20(26-19)17-7-3-5-13-4-1-2-6-16(13)17/h1-11,19,22H,12H2,(H2,21,24). The van der Waals surface area contributed by atoms with Gasteiger partial charge in [0.15, 0.2) is 6.61 Å². The van der Waals surface area contributed by atoms with Crippen LogP contribution in [0.15, 0.2) is 71.8 Å². The number of benzene rings is 3. The molecule has 130 valence electrons. The number of thioether (sulfide) groups is 1. The number of carbonyl (C=O) groups is 1. The number of hydrazone groups is 1. The third kappa shape index (κ3) is 3.36. The molecule has 1 aliphatic rings. The summed E-state index contributed by atoms with van der Waals surface area (Å²) in [7, 11) is 0. The van der Waals surface area contributed by atoms with Crippen LogP contribution in [0.2, 0.25) is 0 Å². The molecule has 0 radical (unpaired) electrons. The van der Waals surface area contributed by atoms with Crippen LogP contribution in [0, 0.1) is 0 Å². The molecule has 3 N–H and O–H groups in total. The minimum absolute atomic E-state index is 0.0363. The van der Waals surface area contributed by atoms with Gasteiger partial charge in [-0.15, -0.1) is 0 Å². The maximum atomic E-state index is 10.8. The van der Waals surface area contributed by atoms with Crippen molar-refractivity contribution in [1.82, 2.24) is 5.43 Å². The van der Waals surface area contributed by atoms with E-state index in [-0.39, 0.29) is 12.0 Å². The zero-order chi connectivity index (χ0) is 17.9. The second kappa shape index (κ2) is 7.09. The van der Waals surface area contributed by atoms with Crippen LogP contribution < -0.4 is 15.9 Å². The molecule has 6 heteroatoms. The van der Waals surface area contributed by atoms with Gasteiger partial charge < -0.3 is 10.5 Å². The molecule has 1 unspecified atom stereocenters. The van der Waals surface area contributed by atoms with E-state index >= 15 is 0 Å². The second-order valence-corrected chi connectivity index (χ2v) is 6.99. The first kappa shape index (κ1) is 16.5. The molecule has 1 atom stereocenters. The number of nitrogens with zero attached hydrogens (tertiary/aromatic N) is 1. The van der Waals surface area contributed by atoms with Crippen molar-refractivity contribution in [3.05, 3.63) is 77.9 Å². The molecule has 0 saturated heterocycles. The van der Waals surface area contributed by atoms with E-state index in [4.69, 9.17) is 10.5 Å². The van der Waals surface area contributed by atoms with E-state index in [1.54, 1.807) is 11.8 Å². The summed E-state index contributed by atoms with van der Waals surface area (Å²) in [5, 5.41) is 7.94. The first-order valence-corrected chi connectivity index (χ1v) is 9.08. The summed E-state index contributed by atoms with van der Waals surface area (Å²) in [5.41, 5.74) is 10.5. The number of primary amides is 1. The number of amides is 1. The van der Waals surface area contributed by atoms with Crippen molar-refractivity contribution < 1.29 is 9.53 Å². The molecular formula is C20H17N3O2S. The Morgan fingerprint density at radius 2 is 1.85 bits per heavy atom. The monoisotopic (exact) mass is 363 g/mol. The highest BCUT2D eigenvalue weighted by Gasteiger charge is 2.23. The van der Waals surface area contributed by atoms with Gasteiger partial charge in [0.05, 0.1) is 0 Å². The number of nitrogens with two attached hydrogens (primary N) is 1. The van der Waals surface area contributed by atoms with Crippen LogP contribution in [-0.4, -0.2) is 17.6 Å². The van der Waals surface area contributed by atoms with Gasteiger partial charge in [-0.1, -0.05) is 66.4 Å². The summed E-state index contributed by atoms with van der Waals surface area (Å²) >= 11 is 1.68. The molecule has 1 aliphatic heterocycles. The highest BCUT2D eigenvalue weighted by molar-refractivity contribution is 8.14. The molecule has 3 aromatic carbocycles. The fourth-order valence-corrected chi connectivity index (χ4v) is 3.89. The van der Waals surface area contributed by atoms with E-state index in [1.807, 2.05) is 36.4 Å². The Labute approximate surface area is 155 Å². The van der Waals surface area contributed by atoms with E-state index < -0.39 is 5.91 Å². The van der Waals surface area contributed by atoms with Gasteiger partial charge >= 0.3 is 0 Å². The number of hydrogen-bond acceptors (Lipinski definition) is 5. The van der Waals surface area contributed by atoms with Crippen LogP contribution in [0.1, 0.15) is 16.5 Å². The van der Waals surface area contributed by atoms with Crippen molar-refractivity contribution in [2.24, 2.45) is 10.8 Å². The van der Waals surface area contributed by atoms with Gasteiger partial charge in [0, 0.05) is 5.56 Å². The zero-order valence-electron chi connectivity index (χ0n) is 13.9. The van der Waals surface area contributed by atoms with Crippen molar-refractivity contribution in [2.45, 2.75) is 5.37 Å². The number of fused-ring (bicyclic) bond motifs is 1. The maximum Gasteiger partial charge on any atom is 0.255 e. The molecule has 0 aliphatic carbocycles. The van der Waals surface area contributed by atoms with Crippen LogP contribution in [0.25, 0.3) is 10.8 Å². The molecule has 1 amide bonds. The summed E-state index contributed by atoms with van der Waals surface area (Å²) in [6, 6.07) is 22.1. The van der Waals surface area contributed by atoms with Crippen LogP contribution in [0.4, 0.5) is 0 Å². The molecule has 3 aromatic rings. The average Bonchev–Trinajstić information content (AvgIpc) is 3.16. The van der Waals surface area contributed by atoms with Gasteiger partial charge in [0.2, 0.25) is 0 Å². The second-order valence-electron chi connectivity index (χ2n) is 5.89. The maximum absolute atomic E-state index is 10.8.